The van der Waals surface area contributed by atoms with Crippen molar-refractivity contribution in [2.24, 2.45) is 5.92 Å². The lowest BCUT2D eigenvalue weighted by Gasteiger charge is -2.28. The van der Waals surface area contributed by atoms with E-state index >= 15 is 0 Å². The number of aryl methyl sites for hydroxylation is 1. The van der Waals surface area contributed by atoms with Crippen LogP contribution in [0.2, 0.25) is 0 Å². The van der Waals surface area contributed by atoms with E-state index in [2.05, 4.69) is 24.5 Å². The molecule has 0 aliphatic heterocycles. The molecule has 0 radical (unpaired) electrons. The number of unbranched alkanes of at least 4 members (excludes halogenated alkanes) is 1. The molecule has 0 spiro atoms. The molecule has 2 amide bonds. The van der Waals surface area contributed by atoms with Gasteiger partial charge in [-0.3, -0.25) is 9.59 Å². The van der Waals surface area contributed by atoms with Crippen LogP contribution in [0.1, 0.15) is 64.4 Å². The number of nitrogens with one attached hydrogen (secondary N) is 2. The van der Waals surface area contributed by atoms with Crippen LogP contribution >= 0.6 is 0 Å². The van der Waals surface area contributed by atoms with E-state index in [4.69, 9.17) is 0 Å². The van der Waals surface area contributed by atoms with Gasteiger partial charge in [0.25, 0.3) is 0 Å². The molecule has 1 fully saturated rings. The number of amides is 2. The average molecular weight is 330 g/mol. The number of carbonyl (C=O) groups is 2. The second-order valence-electron chi connectivity index (χ2n) is 6.85. The Bertz CT molecular complexity index is 531. The average Bonchev–Trinajstić information content (AvgIpc) is 2.61. The zero-order valence-electron chi connectivity index (χ0n) is 14.9. The van der Waals surface area contributed by atoms with E-state index in [1.54, 1.807) is 0 Å². The van der Waals surface area contributed by atoms with Crippen LogP contribution in [0.3, 0.4) is 0 Å². The molecule has 2 rings (SSSR count). The second-order valence-corrected chi connectivity index (χ2v) is 6.85. The van der Waals surface area contributed by atoms with Gasteiger partial charge in [-0.15, -0.1) is 0 Å². The predicted molar refractivity (Wildman–Crippen MR) is 97.9 cm³/mol. The van der Waals surface area contributed by atoms with Gasteiger partial charge < -0.3 is 10.6 Å². The van der Waals surface area contributed by atoms with Crippen molar-refractivity contribution in [1.82, 2.24) is 5.32 Å². The number of anilines is 1. The maximum atomic E-state index is 12.1. The first-order chi connectivity index (χ1) is 11.6. The van der Waals surface area contributed by atoms with Gasteiger partial charge in [-0.05, 0) is 62.1 Å². The van der Waals surface area contributed by atoms with Crippen molar-refractivity contribution in [2.75, 3.05) is 5.32 Å². The second kappa shape index (κ2) is 9.45. The number of hydrogen-bond acceptors (Lipinski definition) is 2. The zero-order chi connectivity index (χ0) is 17.4. The van der Waals surface area contributed by atoms with Crippen LogP contribution in [-0.4, -0.2) is 17.9 Å². The van der Waals surface area contributed by atoms with Gasteiger partial charge in [0, 0.05) is 11.7 Å². The zero-order valence-corrected chi connectivity index (χ0v) is 14.9. The monoisotopic (exact) mass is 330 g/mol. The standard InChI is InChI=1S/C20H30N2O2/c1-3-5-6-16-9-13-18(14-10-16)22-20(24)19(23)21-17-11-7-15(4-2)8-12-17/h9-10,13-15,17H,3-8,11-12H2,1-2H3,(H,21,23)(H,22,24). The van der Waals surface area contributed by atoms with Crippen LogP contribution in [0.5, 0.6) is 0 Å². The predicted octanol–water partition coefficient (Wildman–Crippen LogP) is 4.05. The Morgan fingerprint density at radius 1 is 1.00 bits per heavy atom. The first kappa shape index (κ1) is 18.5. The fourth-order valence-corrected chi connectivity index (χ4v) is 3.29. The van der Waals surface area contributed by atoms with Crippen molar-refractivity contribution in [2.45, 2.75) is 71.3 Å². The fraction of sp³-hybridized carbons (Fsp3) is 0.600. The van der Waals surface area contributed by atoms with Crippen LogP contribution in [0.15, 0.2) is 24.3 Å². The van der Waals surface area contributed by atoms with E-state index < -0.39 is 11.8 Å². The molecule has 0 saturated heterocycles. The molecule has 4 nitrogen and oxygen atoms in total. The van der Waals surface area contributed by atoms with Crippen LogP contribution in [0.25, 0.3) is 0 Å². The Morgan fingerprint density at radius 2 is 1.67 bits per heavy atom. The van der Waals surface area contributed by atoms with Crippen LogP contribution in [0.4, 0.5) is 5.69 Å². The summed E-state index contributed by atoms with van der Waals surface area (Å²) in [6.07, 6.45) is 8.81. The summed E-state index contributed by atoms with van der Waals surface area (Å²) in [5.41, 5.74) is 1.93. The summed E-state index contributed by atoms with van der Waals surface area (Å²) >= 11 is 0. The van der Waals surface area contributed by atoms with Gasteiger partial charge in [-0.25, -0.2) is 0 Å². The lowest BCUT2D eigenvalue weighted by Crippen LogP contribution is -2.43. The van der Waals surface area contributed by atoms with Crippen molar-refractivity contribution in [3.63, 3.8) is 0 Å². The van der Waals surface area contributed by atoms with E-state index in [1.807, 2.05) is 24.3 Å². The third kappa shape index (κ3) is 5.66. The molecule has 1 aromatic rings. The van der Waals surface area contributed by atoms with Gasteiger partial charge in [0.1, 0.15) is 0 Å². The molecular weight excluding hydrogens is 300 g/mol. The van der Waals surface area contributed by atoms with Crippen LogP contribution in [-0.2, 0) is 16.0 Å². The molecular formula is C20H30N2O2. The van der Waals surface area contributed by atoms with Crippen molar-refractivity contribution in [3.05, 3.63) is 29.8 Å². The minimum atomic E-state index is -0.575. The molecule has 1 aliphatic carbocycles. The normalized spacial score (nSPS) is 20.4. The van der Waals surface area contributed by atoms with Gasteiger partial charge in [0.15, 0.2) is 0 Å². The van der Waals surface area contributed by atoms with Gasteiger partial charge in [0.2, 0.25) is 0 Å². The Morgan fingerprint density at radius 3 is 2.25 bits per heavy atom. The molecule has 0 heterocycles. The maximum absolute atomic E-state index is 12.1. The summed E-state index contributed by atoms with van der Waals surface area (Å²) in [5, 5.41) is 5.56. The fourth-order valence-electron chi connectivity index (χ4n) is 3.29. The summed E-state index contributed by atoms with van der Waals surface area (Å²) in [6, 6.07) is 7.89. The highest BCUT2D eigenvalue weighted by atomic mass is 16.2. The first-order valence-electron chi connectivity index (χ1n) is 9.33. The molecule has 1 aliphatic rings. The topological polar surface area (TPSA) is 58.2 Å². The first-order valence-corrected chi connectivity index (χ1v) is 9.33. The minimum Gasteiger partial charge on any atom is -0.345 e. The van der Waals surface area contributed by atoms with E-state index in [9.17, 15) is 9.59 Å². The highest BCUT2D eigenvalue weighted by Crippen LogP contribution is 2.26. The van der Waals surface area contributed by atoms with Crippen molar-refractivity contribution >= 4 is 17.5 Å². The molecule has 4 heteroatoms. The quantitative estimate of drug-likeness (QED) is 0.773. The third-order valence-corrected chi connectivity index (χ3v) is 5.00. The van der Waals surface area contributed by atoms with E-state index in [0.717, 1.165) is 44.4 Å². The molecule has 0 bridgehead atoms. The van der Waals surface area contributed by atoms with Crippen molar-refractivity contribution < 1.29 is 9.59 Å². The Hall–Kier alpha value is -1.84. The SMILES string of the molecule is CCCCc1ccc(NC(=O)C(=O)NC2CCC(CC)CC2)cc1. The molecule has 2 N–H and O–H groups in total. The highest BCUT2D eigenvalue weighted by molar-refractivity contribution is 6.39. The molecule has 24 heavy (non-hydrogen) atoms. The highest BCUT2D eigenvalue weighted by Gasteiger charge is 2.23. The van der Waals surface area contributed by atoms with E-state index in [0.29, 0.717) is 5.69 Å². The Balaban J connectivity index is 1.78. The van der Waals surface area contributed by atoms with Gasteiger partial charge in [-0.2, -0.15) is 0 Å². The number of rotatable bonds is 6. The van der Waals surface area contributed by atoms with Crippen molar-refractivity contribution in [3.8, 4) is 0 Å². The lowest BCUT2D eigenvalue weighted by atomic mass is 9.84. The maximum Gasteiger partial charge on any atom is 0.313 e. The van der Waals surface area contributed by atoms with E-state index in [-0.39, 0.29) is 6.04 Å². The molecule has 0 unspecified atom stereocenters. The largest absolute Gasteiger partial charge is 0.345 e. The molecule has 0 aromatic heterocycles. The summed E-state index contributed by atoms with van der Waals surface area (Å²) in [6.45, 7) is 4.38. The van der Waals surface area contributed by atoms with E-state index in [1.165, 1.54) is 18.4 Å². The smallest absolute Gasteiger partial charge is 0.313 e. The number of benzene rings is 1. The Kier molecular flexibility index (Phi) is 7.29. The van der Waals surface area contributed by atoms with Crippen LogP contribution < -0.4 is 10.6 Å². The van der Waals surface area contributed by atoms with Gasteiger partial charge in [-0.1, -0.05) is 38.8 Å². The van der Waals surface area contributed by atoms with Gasteiger partial charge in [0.05, 0.1) is 0 Å². The lowest BCUT2D eigenvalue weighted by molar-refractivity contribution is -0.136. The minimum absolute atomic E-state index is 0.141. The van der Waals surface area contributed by atoms with Crippen LogP contribution in [0, 0.1) is 5.92 Å². The summed E-state index contributed by atoms with van der Waals surface area (Å²) in [7, 11) is 0. The summed E-state index contributed by atoms with van der Waals surface area (Å²) in [5.74, 6) is -0.322. The number of hydrogen-bond donors (Lipinski definition) is 2. The molecule has 1 aromatic carbocycles. The third-order valence-electron chi connectivity index (χ3n) is 5.00. The van der Waals surface area contributed by atoms with Crippen molar-refractivity contribution in [1.29, 1.82) is 0 Å². The molecule has 132 valence electrons. The molecule has 1 saturated carbocycles. The summed E-state index contributed by atoms with van der Waals surface area (Å²) < 4.78 is 0. The Labute approximate surface area is 145 Å². The van der Waals surface area contributed by atoms with Gasteiger partial charge >= 0.3 is 11.8 Å². The number of carbonyl (C=O) groups excluding carboxylic acids is 2. The summed E-state index contributed by atoms with van der Waals surface area (Å²) in [4.78, 5) is 24.1. The molecule has 0 atom stereocenters.